The Balaban J connectivity index is 1.16. The zero-order valence-electron chi connectivity index (χ0n) is 25.7. The number of piperazine rings is 1. The molecule has 12 nitrogen and oxygen atoms in total. The van der Waals surface area contributed by atoms with Crippen molar-refractivity contribution in [3.63, 3.8) is 0 Å². The van der Waals surface area contributed by atoms with E-state index in [0.717, 1.165) is 5.56 Å². The molecule has 3 N–H and O–H groups in total. The smallest absolute Gasteiger partial charge is 0.254 e. The maximum absolute atomic E-state index is 15.0. The number of nitrogens with one attached hydrogen (secondary N) is 2. The van der Waals surface area contributed by atoms with Gasteiger partial charge in [0.25, 0.3) is 5.91 Å². The zero-order valence-corrected chi connectivity index (χ0v) is 25.7. The van der Waals surface area contributed by atoms with Crippen molar-refractivity contribution in [2.75, 3.05) is 51.2 Å². The number of aryl methyl sites for hydroxylation is 1. The number of aliphatic hydroxyl groups is 1. The van der Waals surface area contributed by atoms with Gasteiger partial charge in [0.05, 0.1) is 23.9 Å². The van der Waals surface area contributed by atoms with E-state index in [-0.39, 0.29) is 28.8 Å². The van der Waals surface area contributed by atoms with Crippen LogP contribution < -0.4 is 15.4 Å². The van der Waals surface area contributed by atoms with Crippen LogP contribution in [0.15, 0.2) is 48.9 Å². The predicted octanol–water partition coefficient (Wildman–Crippen LogP) is 3.14. The van der Waals surface area contributed by atoms with Gasteiger partial charge in [0.2, 0.25) is 11.7 Å². The molecule has 6 rings (SSSR count). The first-order valence-corrected chi connectivity index (χ1v) is 15.5. The molecule has 2 aromatic heterocycles. The molecule has 2 amide bonds. The Bertz CT molecular complexity index is 1850. The van der Waals surface area contributed by atoms with Crippen LogP contribution in [0.4, 0.5) is 20.3 Å². The number of hydrogen-bond donors (Lipinski definition) is 3. The zero-order chi connectivity index (χ0) is 33.1. The highest BCUT2D eigenvalue weighted by molar-refractivity contribution is 5.96. The van der Waals surface area contributed by atoms with Gasteiger partial charge in [0.15, 0.2) is 29.6 Å². The lowest BCUT2D eigenvalue weighted by Crippen LogP contribution is -2.55. The molecule has 0 bridgehead atoms. The van der Waals surface area contributed by atoms with E-state index < -0.39 is 30.3 Å². The minimum Gasteiger partial charge on any atom is -0.476 e. The second-order valence-electron chi connectivity index (χ2n) is 11.4. The van der Waals surface area contributed by atoms with Gasteiger partial charge in [-0.25, -0.2) is 14.4 Å². The summed E-state index contributed by atoms with van der Waals surface area (Å²) in [6.45, 7) is 4.30. The molecule has 0 spiro atoms. The van der Waals surface area contributed by atoms with Crippen molar-refractivity contribution in [1.82, 2.24) is 29.5 Å². The first kappa shape index (κ1) is 31.8. The summed E-state index contributed by atoms with van der Waals surface area (Å²) >= 11 is 0. The lowest BCUT2D eigenvalue weighted by molar-refractivity contribution is -0.141. The average Bonchev–Trinajstić information content (AvgIpc) is 3.53. The number of carbonyl (C=O) groups is 2. The van der Waals surface area contributed by atoms with E-state index >= 15 is 4.39 Å². The molecule has 0 aliphatic carbocycles. The summed E-state index contributed by atoms with van der Waals surface area (Å²) in [4.78, 5) is 38.9. The lowest BCUT2D eigenvalue weighted by Gasteiger charge is -2.38. The van der Waals surface area contributed by atoms with Gasteiger partial charge in [0.1, 0.15) is 6.07 Å². The highest BCUT2D eigenvalue weighted by atomic mass is 19.2. The van der Waals surface area contributed by atoms with E-state index in [1.807, 2.05) is 13.0 Å². The van der Waals surface area contributed by atoms with Gasteiger partial charge in [-0.2, -0.15) is 9.65 Å². The number of halogens is 2. The van der Waals surface area contributed by atoms with Crippen LogP contribution in [0, 0.1) is 28.9 Å². The van der Waals surface area contributed by atoms with E-state index in [0.29, 0.717) is 74.8 Å². The fourth-order valence-corrected chi connectivity index (χ4v) is 6.13. The molecule has 2 atom stereocenters. The van der Waals surface area contributed by atoms with Crippen LogP contribution in [0.25, 0.3) is 16.9 Å². The van der Waals surface area contributed by atoms with Crippen LogP contribution >= 0.6 is 0 Å². The summed E-state index contributed by atoms with van der Waals surface area (Å²) in [5, 5.41) is 25.3. The van der Waals surface area contributed by atoms with Crippen molar-refractivity contribution in [2.24, 2.45) is 5.92 Å². The van der Waals surface area contributed by atoms with E-state index in [4.69, 9.17) is 10.00 Å². The van der Waals surface area contributed by atoms with Gasteiger partial charge in [-0.05, 0) is 55.3 Å². The molecule has 2 aliphatic rings. The predicted molar refractivity (Wildman–Crippen MR) is 168 cm³/mol. The Labute approximate surface area is 269 Å². The number of anilines is 2. The normalized spacial score (nSPS) is 18.2. The summed E-state index contributed by atoms with van der Waals surface area (Å²) in [5.41, 5.74) is 2.67. The third-order valence-corrected chi connectivity index (χ3v) is 8.67. The maximum atomic E-state index is 15.0. The number of piperidine rings is 1. The number of β-amino-alcohol motifs (C(OH)–C–C–N with tert-alkyl or cyclic N) is 1. The number of fused-ring (bicyclic) bond motifs is 1. The molecule has 4 heterocycles. The molecule has 47 heavy (non-hydrogen) atoms. The third-order valence-electron chi connectivity index (χ3n) is 8.67. The van der Waals surface area contributed by atoms with E-state index in [9.17, 15) is 19.1 Å². The van der Waals surface area contributed by atoms with Crippen molar-refractivity contribution < 1.29 is 28.2 Å². The number of imidazole rings is 1. The van der Waals surface area contributed by atoms with E-state index in [1.165, 1.54) is 24.5 Å². The fraction of sp³-hybridized carbons (Fsp3) is 0.364. The average molecular weight is 645 g/mol. The van der Waals surface area contributed by atoms with Crippen LogP contribution in [-0.2, 0) is 11.2 Å². The highest BCUT2D eigenvalue weighted by Gasteiger charge is 2.34. The Morgan fingerprint density at radius 1 is 1.13 bits per heavy atom. The van der Waals surface area contributed by atoms with Gasteiger partial charge in [0, 0.05) is 61.9 Å². The van der Waals surface area contributed by atoms with E-state index in [2.05, 4.69) is 20.6 Å². The minimum absolute atomic E-state index is 0.0401. The molecule has 4 aromatic rings. The maximum Gasteiger partial charge on any atom is 0.254 e. The SMILES string of the molecule is CCc1cc(Nc2nccn3c(-c4ccc(OCC#N)c(F)c4F)cnc23)ccc1C(=O)N1CCN(C(=O)[C@H]2CCNC[C@H]2O)CC1. The summed E-state index contributed by atoms with van der Waals surface area (Å²) in [5.74, 6) is -2.89. The van der Waals surface area contributed by atoms with Gasteiger partial charge < -0.3 is 30.3 Å². The number of nitriles is 1. The van der Waals surface area contributed by atoms with Crippen LogP contribution in [0.5, 0.6) is 5.75 Å². The molecule has 2 fully saturated rings. The second kappa shape index (κ2) is 13.7. The van der Waals surface area contributed by atoms with Crippen molar-refractivity contribution in [1.29, 1.82) is 5.26 Å². The van der Waals surface area contributed by atoms with Gasteiger partial charge in [-0.1, -0.05) is 6.92 Å². The summed E-state index contributed by atoms with van der Waals surface area (Å²) in [7, 11) is 0. The highest BCUT2D eigenvalue weighted by Crippen LogP contribution is 2.32. The first-order valence-electron chi connectivity index (χ1n) is 15.5. The monoisotopic (exact) mass is 644 g/mol. The van der Waals surface area contributed by atoms with Gasteiger partial charge in [-0.3, -0.25) is 14.0 Å². The molecule has 2 saturated heterocycles. The lowest BCUT2D eigenvalue weighted by atomic mass is 9.93. The van der Waals surface area contributed by atoms with Crippen molar-refractivity contribution in [3.8, 4) is 23.1 Å². The molecule has 0 radical (unpaired) electrons. The Kier molecular flexibility index (Phi) is 9.28. The molecule has 2 aromatic carbocycles. The number of ether oxygens (including phenoxy) is 1. The standard InChI is InChI=1S/C33H34F2N8O4/c1-2-20-17-21(3-4-22(20)32(45)41-12-14-42(15-13-41)33(46)24-7-9-37-19-26(24)44)40-30-31-39-18-25(43(31)11-10-38-30)23-5-6-27(47-16-8-36)29(35)28(23)34/h3-6,10-11,17-18,24,26,37,44H,2,7,9,12-16,19H2,1H3,(H,38,40)/t24-,26+/m0/s1. The first-order chi connectivity index (χ1) is 22.8. The summed E-state index contributed by atoms with van der Waals surface area (Å²) in [6.07, 6.45) is 4.99. The fourth-order valence-electron chi connectivity index (χ4n) is 6.13. The molecule has 2 aliphatic heterocycles. The topological polar surface area (TPSA) is 148 Å². The summed E-state index contributed by atoms with van der Waals surface area (Å²) in [6, 6.07) is 9.76. The number of hydrogen-bond acceptors (Lipinski definition) is 9. The summed E-state index contributed by atoms with van der Waals surface area (Å²) < 4.78 is 36.2. The Hall–Kier alpha value is -5.13. The van der Waals surface area contributed by atoms with Crippen LogP contribution in [0.1, 0.15) is 29.3 Å². The molecular weight excluding hydrogens is 610 g/mol. The second-order valence-corrected chi connectivity index (χ2v) is 11.4. The van der Waals surface area contributed by atoms with Crippen molar-refractivity contribution >= 4 is 29.0 Å². The third kappa shape index (κ3) is 6.32. The number of nitrogens with zero attached hydrogens (tertiary/aromatic N) is 6. The van der Waals surface area contributed by atoms with Gasteiger partial charge in [-0.15, -0.1) is 0 Å². The quantitative estimate of drug-likeness (QED) is 0.263. The Morgan fingerprint density at radius 3 is 2.66 bits per heavy atom. The van der Waals surface area contributed by atoms with Crippen LogP contribution in [-0.4, -0.2) is 93.1 Å². The molecular formula is C33H34F2N8O4. The van der Waals surface area contributed by atoms with Crippen LogP contribution in [0.2, 0.25) is 0 Å². The van der Waals surface area contributed by atoms with Crippen molar-refractivity contribution in [2.45, 2.75) is 25.9 Å². The number of benzene rings is 2. The number of rotatable bonds is 8. The molecule has 14 heteroatoms. The number of aromatic nitrogens is 3. The van der Waals surface area contributed by atoms with Crippen molar-refractivity contribution in [3.05, 3.63) is 71.7 Å². The largest absolute Gasteiger partial charge is 0.476 e. The number of carbonyl (C=O) groups excluding carboxylic acids is 2. The van der Waals surface area contributed by atoms with E-state index in [1.54, 1.807) is 38.6 Å². The molecule has 244 valence electrons. The number of aliphatic hydroxyl groups excluding tert-OH is 1. The van der Waals surface area contributed by atoms with Crippen LogP contribution in [0.3, 0.4) is 0 Å². The minimum atomic E-state index is -1.20. The van der Waals surface area contributed by atoms with Gasteiger partial charge >= 0.3 is 0 Å². The Morgan fingerprint density at radius 2 is 1.91 bits per heavy atom. The molecule has 0 saturated carbocycles. The molecule has 0 unspecified atom stereocenters. The number of amides is 2.